The predicted molar refractivity (Wildman–Crippen MR) is 131 cm³/mol. The van der Waals surface area contributed by atoms with Crippen LogP contribution < -0.4 is 10.1 Å². The highest BCUT2D eigenvalue weighted by molar-refractivity contribution is 7.17. The number of ether oxygens (including phenoxy) is 1. The van der Waals surface area contributed by atoms with Crippen LogP contribution in [0, 0.1) is 0 Å². The fourth-order valence-electron chi connectivity index (χ4n) is 3.97. The summed E-state index contributed by atoms with van der Waals surface area (Å²) in [6.45, 7) is 2.62. The second-order valence-electron chi connectivity index (χ2n) is 7.84. The smallest absolute Gasteiger partial charge is 0.339 e. The molecule has 0 radical (unpaired) electrons. The number of carboxylic acids is 1. The maximum atomic E-state index is 13.2. The van der Waals surface area contributed by atoms with Crippen molar-refractivity contribution in [2.24, 2.45) is 0 Å². The number of nitrogens with one attached hydrogen (secondary N) is 1. The summed E-state index contributed by atoms with van der Waals surface area (Å²) in [5.74, 6) is -1.33. The van der Waals surface area contributed by atoms with Gasteiger partial charge in [-0.3, -0.25) is 9.59 Å². The van der Waals surface area contributed by atoms with Crippen molar-refractivity contribution in [2.45, 2.75) is 26.3 Å². The molecule has 0 atom stereocenters. The van der Waals surface area contributed by atoms with Crippen LogP contribution in [-0.4, -0.2) is 41.4 Å². The van der Waals surface area contributed by atoms with Gasteiger partial charge in [0.05, 0.1) is 24.8 Å². The summed E-state index contributed by atoms with van der Waals surface area (Å²) in [5.41, 5.74) is 2.69. The summed E-state index contributed by atoms with van der Waals surface area (Å²) >= 11 is 7.20. The molecule has 7 nitrogen and oxygen atoms in total. The fourth-order valence-corrected chi connectivity index (χ4v) is 5.38. The quantitative estimate of drug-likeness (QED) is 0.491. The molecule has 0 saturated heterocycles. The van der Waals surface area contributed by atoms with E-state index >= 15 is 0 Å². The number of carbonyl (C=O) groups excluding carboxylic acids is 2. The van der Waals surface area contributed by atoms with Crippen molar-refractivity contribution in [1.29, 1.82) is 0 Å². The first-order chi connectivity index (χ1) is 16.3. The molecular formula is C25H23ClN2O5S. The fraction of sp³-hybridized carbons (Fsp3) is 0.240. The maximum Gasteiger partial charge on any atom is 0.339 e. The van der Waals surface area contributed by atoms with E-state index < -0.39 is 5.97 Å². The zero-order chi connectivity index (χ0) is 24.4. The van der Waals surface area contributed by atoms with E-state index in [0.29, 0.717) is 40.4 Å². The molecule has 0 fully saturated rings. The Morgan fingerprint density at radius 3 is 2.56 bits per heavy atom. The number of hydrogen-bond donors (Lipinski definition) is 2. The summed E-state index contributed by atoms with van der Waals surface area (Å²) in [6, 6.07) is 12.0. The highest BCUT2D eigenvalue weighted by Crippen LogP contribution is 2.38. The van der Waals surface area contributed by atoms with Gasteiger partial charge in [0.1, 0.15) is 10.8 Å². The lowest BCUT2D eigenvalue weighted by Crippen LogP contribution is -2.35. The zero-order valence-electron chi connectivity index (χ0n) is 18.7. The number of nitrogens with zero attached hydrogens (tertiary/aromatic N) is 1. The van der Waals surface area contributed by atoms with E-state index in [9.17, 15) is 19.5 Å². The van der Waals surface area contributed by atoms with Crippen LogP contribution in [0.15, 0.2) is 42.5 Å². The molecule has 2 aromatic carbocycles. The van der Waals surface area contributed by atoms with Crippen LogP contribution in [-0.2, 0) is 19.4 Å². The van der Waals surface area contributed by atoms with E-state index in [-0.39, 0.29) is 28.9 Å². The Morgan fingerprint density at radius 2 is 1.91 bits per heavy atom. The number of carbonyl (C=O) groups is 3. The topological polar surface area (TPSA) is 95.9 Å². The van der Waals surface area contributed by atoms with E-state index in [1.54, 1.807) is 35.2 Å². The molecule has 0 unspecified atom stereocenters. The largest absolute Gasteiger partial charge is 0.496 e. The minimum atomic E-state index is -1.10. The van der Waals surface area contributed by atoms with E-state index in [2.05, 4.69) is 5.32 Å². The van der Waals surface area contributed by atoms with Crippen LogP contribution in [0.1, 0.15) is 54.0 Å². The van der Waals surface area contributed by atoms with Crippen LogP contribution >= 0.6 is 22.9 Å². The van der Waals surface area contributed by atoms with Gasteiger partial charge in [-0.05, 0) is 54.3 Å². The van der Waals surface area contributed by atoms with Gasteiger partial charge in [-0.2, -0.15) is 0 Å². The zero-order valence-corrected chi connectivity index (χ0v) is 20.3. The second kappa shape index (κ2) is 9.87. The monoisotopic (exact) mass is 498 g/mol. The Balaban J connectivity index is 1.59. The van der Waals surface area contributed by atoms with Gasteiger partial charge in [0, 0.05) is 22.0 Å². The highest BCUT2D eigenvalue weighted by Gasteiger charge is 2.31. The van der Waals surface area contributed by atoms with Gasteiger partial charge in [0.2, 0.25) is 0 Å². The summed E-state index contributed by atoms with van der Waals surface area (Å²) in [4.78, 5) is 40.4. The van der Waals surface area contributed by atoms with Crippen molar-refractivity contribution < 1.29 is 24.2 Å². The molecule has 1 aliphatic heterocycles. The maximum absolute atomic E-state index is 13.2. The number of anilines is 1. The molecule has 34 heavy (non-hydrogen) atoms. The van der Waals surface area contributed by atoms with Gasteiger partial charge in [0.15, 0.2) is 0 Å². The van der Waals surface area contributed by atoms with E-state index in [0.717, 1.165) is 16.9 Å². The van der Waals surface area contributed by atoms with Crippen LogP contribution in [0.4, 0.5) is 5.00 Å². The average molecular weight is 499 g/mol. The number of aromatic carboxylic acids is 1. The molecule has 2 N–H and O–H groups in total. The molecule has 4 rings (SSSR count). The summed E-state index contributed by atoms with van der Waals surface area (Å²) in [6.07, 6.45) is 1.23. The minimum Gasteiger partial charge on any atom is -0.496 e. The molecule has 2 amide bonds. The molecule has 0 bridgehead atoms. The van der Waals surface area contributed by atoms with Crippen molar-refractivity contribution in [3.05, 3.63) is 80.2 Å². The number of thiophene rings is 1. The number of halogens is 1. The van der Waals surface area contributed by atoms with Crippen molar-refractivity contribution in [1.82, 2.24) is 4.90 Å². The first-order valence-corrected chi connectivity index (χ1v) is 11.9. The number of hydrogen-bond acceptors (Lipinski definition) is 5. The first-order valence-electron chi connectivity index (χ1n) is 10.7. The normalized spacial score (nSPS) is 12.7. The lowest BCUT2D eigenvalue weighted by atomic mass is 10.0. The predicted octanol–water partition coefficient (Wildman–Crippen LogP) is 5.12. The molecule has 176 valence electrons. The molecular weight excluding hydrogens is 476 g/mol. The molecule has 0 spiro atoms. The van der Waals surface area contributed by atoms with Crippen LogP contribution in [0.2, 0.25) is 5.02 Å². The lowest BCUT2D eigenvalue weighted by Gasteiger charge is -2.27. The third-order valence-electron chi connectivity index (χ3n) is 5.80. The van der Waals surface area contributed by atoms with Crippen molar-refractivity contribution >= 4 is 45.7 Å². The van der Waals surface area contributed by atoms with Gasteiger partial charge < -0.3 is 20.1 Å². The van der Waals surface area contributed by atoms with Gasteiger partial charge in [-0.1, -0.05) is 30.7 Å². The Bertz CT molecular complexity index is 1270. The first kappa shape index (κ1) is 23.8. The SMILES string of the molecule is CCc1ccc(C(=O)Nc2sc3c(c2C(=O)O)CCN(C(=O)c2ccc(Cl)cc2OC)C3)cc1. The van der Waals surface area contributed by atoms with Crippen molar-refractivity contribution in [3.8, 4) is 5.75 Å². The van der Waals surface area contributed by atoms with E-state index in [1.807, 2.05) is 19.1 Å². The number of aryl methyl sites for hydroxylation is 1. The Hall–Kier alpha value is -3.36. The number of methoxy groups -OCH3 is 1. The number of carboxylic acid groups (broad SMARTS) is 1. The Morgan fingerprint density at radius 1 is 1.18 bits per heavy atom. The van der Waals surface area contributed by atoms with Gasteiger partial charge in [-0.25, -0.2) is 4.79 Å². The van der Waals surface area contributed by atoms with Crippen LogP contribution in [0.25, 0.3) is 0 Å². The molecule has 9 heteroatoms. The standard InChI is InChI=1S/C25H23ClN2O5S/c1-3-14-4-6-15(7-5-14)22(29)27-23-21(25(31)32)18-10-11-28(13-20(18)34-23)24(30)17-9-8-16(26)12-19(17)33-2/h4-9,12H,3,10-11,13H2,1-2H3,(H,27,29)(H,31,32). The molecule has 2 heterocycles. The number of rotatable bonds is 6. The molecule has 1 aliphatic rings. The molecule has 0 aliphatic carbocycles. The molecule has 1 aromatic heterocycles. The summed E-state index contributed by atoms with van der Waals surface area (Å²) in [7, 11) is 1.47. The minimum absolute atomic E-state index is 0.0923. The molecule has 0 saturated carbocycles. The van der Waals surface area contributed by atoms with E-state index in [4.69, 9.17) is 16.3 Å². The number of fused-ring (bicyclic) bond motifs is 1. The second-order valence-corrected chi connectivity index (χ2v) is 9.38. The van der Waals surface area contributed by atoms with Gasteiger partial charge in [-0.15, -0.1) is 11.3 Å². The Labute approximate surface area is 205 Å². The average Bonchev–Trinajstić information content (AvgIpc) is 3.20. The highest BCUT2D eigenvalue weighted by atomic mass is 35.5. The third-order valence-corrected chi connectivity index (χ3v) is 7.17. The van der Waals surface area contributed by atoms with Crippen molar-refractivity contribution in [3.63, 3.8) is 0 Å². The number of benzene rings is 2. The van der Waals surface area contributed by atoms with Gasteiger partial charge >= 0.3 is 5.97 Å². The van der Waals surface area contributed by atoms with E-state index in [1.165, 1.54) is 18.4 Å². The van der Waals surface area contributed by atoms with Crippen LogP contribution in [0.5, 0.6) is 5.75 Å². The van der Waals surface area contributed by atoms with Crippen LogP contribution in [0.3, 0.4) is 0 Å². The van der Waals surface area contributed by atoms with Gasteiger partial charge in [0.25, 0.3) is 11.8 Å². The summed E-state index contributed by atoms with van der Waals surface area (Å²) in [5, 5.41) is 13.4. The van der Waals surface area contributed by atoms with Crippen molar-refractivity contribution in [2.75, 3.05) is 19.0 Å². The summed E-state index contributed by atoms with van der Waals surface area (Å²) < 4.78 is 5.31. The Kier molecular flexibility index (Phi) is 6.90. The lowest BCUT2D eigenvalue weighted by molar-refractivity contribution is 0.0696. The number of amides is 2. The third kappa shape index (κ3) is 4.64. The molecule has 3 aromatic rings.